The normalized spacial score (nSPS) is 11.0. The zero-order valence-electron chi connectivity index (χ0n) is 10.4. The number of benzene rings is 1. The Morgan fingerprint density at radius 3 is 2.47 bits per heavy atom. The molecule has 0 atom stereocenters. The molecule has 0 aliphatic heterocycles. The third-order valence-electron chi connectivity index (χ3n) is 2.78. The van der Waals surface area contributed by atoms with Gasteiger partial charge in [-0.1, -0.05) is 29.8 Å². The molecule has 0 N–H and O–H groups in total. The zero-order valence-corrected chi connectivity index (χ0v) is 11.2. The number of hydrogen-bond acceptors (Lipinski definition) is 2. The van der Waals surface area contributed by atoms with E-state index < -0.39 is 6.43 Å². The number of aryl methyl sites for hydroxylation is 1. The van der Waals surface area contributed by atoms with E-state index in [1.54, 1.807) is 0 Å². The number of hydrogen-bond donors (Lipinski definition) is 0. The molecule has 2 aromatic rings. The largest absolute Gasteiger partial charge is 0.280 e. The fourth-order valence-electron chi connectivity index (χ4n) is 1.72. The Hall–Kier alpha value is -1.55. The lowest BCUT2D eigenvalue weighted by Crippen LogP contribution is -2.04. The van der Waals surface area contributed by atoms with Gasteiger partial charge >= 0.3 is 0 Å². The highest BCUT2D eigenvalue weighted by molar-refractivity contribution is 6.17. The molecule has 19 heavy (non-hydrogen) atoms. The van der Waals surface area contributed by atoms with Gasteiger partial charge in [0, 0.05) is 18.2 Å². The van der Waals surface area contributed by atoms with Gasteiger partial charge in [-0.15, -0.1) is 11.6 Å². The van der Waals surface area contributed by atoms with Gasteiger partial charge in [0.05, 0.1) is 5.88 Å². The Kier molecular flexibility index (Phi) is 4.43. The Morgan fingerprint density at radius 2 is 1.89 bits per heavy atom. The van der Waals surface area contributed by atoms with E-state index in [9.17, 15) is 8.78 Å². The van der Waals surface area contributed by atoms with E-state index in [-0.39, 0.29) is 17.1 Å². The molecule has 0 radical (unpaired) electrons. The van der Waals surface area contributed by atoms with Crippen LogP contribution in [0, 0.1) is 6.92 Å². The van der Waals surface area contributed by atoms with Gasteiger partial charge in [-0.3, -0.25) is 0 Å². The predicted octanol–water partition coefficient (Wildman–Crippen LogP) is 4.05. The van der Waals surface area contributed by atoms with Gasteiger partial charge in [0.2, 0.25) is 0 Å². The molecule has 1 aromatic heterocycles. The number of aromatic nitrogens is 2. The standard InChI is InChI=1S/C14H13ClF2N2/c1-9-2-4-10(5-3-9)6-12-18-8-11(7-15)13(19-12)14(16)17/h2-5,8,14H,6-7H2,1H3. The molecular formula is C14H13ClF2N2. The summed E-state index contributed by atoms with van der Waals surface area (Å²) >= 11 is 5.59. The fourth-order valence-corrected chi connectivity index (χ4v) is 1.93. The van der Waals surface area contributed by atoms with Crippen molar-refractivity contribution in [2.75, 3.05) is 0 Å². The van der Waals surface area contributed by atoms with Crippen LogP contribution in [0.4, 0.5) is 8.78 Å². The summed E-state index contributed by atoms with van der Waals surface area (Å²) < 4.78 is 25.7. The average molecular weight is 283 g/mol. The van der Waals surface area contributed by atoms with Crippen LogP contribution in [0.2, 0.25) is 0 Å². The molecule has 0 bridgehead atoms. The molecule has 0 unspecified atom stereocenters. The number of halogens is 3. The second kappa shape index (κ2) is 6.06. The maximum Gasteiger partial charge on any atom is 0.280 e. The molecule has 0 fully saturated rings. The van der Waals surface area contributed by atoms with Crippen LogP contribution in [0.1, 0.15) is 34.6 Å². The lowest BCUT2D eigenvalue weighted by atomic mass is 10.1. The van der Waals surface area contributed by atoms with Crippen molar-refractivity contribution >= 4 is 11.6 Å². The van der Waals surface area contributed by atoms with Gasteiger partial charge in [0.1, 0.15) is 11.5 Å². The number of rotatable bonds is 4. The Morgan fingerprint density at radius 1 is 1.21 bits per heavy atom. The highest BCUT2D eigenvalue weighted by atomic mass is 35.5. The van der Waals surface area contributed by atoms with Crippen LogP contribution in [0.5, 0.6) is 0 Å². The van der Waals surface area contributed by atoms with E-state index in [1.807, 2.05) is 31.2 Å². The van der Waals surface area contributed by atoms with Gasteiger partial charge in [-0.25, -0.2) is 18.7 Å². The zero-order chi connectivity index (χ0) is 13.8. The summed E-state index contributed by atoms with van der Waals surface area (Å²) in [7, 11) is 0. The molecule has 0 aliphatic carbocycles. The first-order chi connectivity index (χ1) is 9.10. The number of alkyl halides is 3. The molecule has 100 valence electrons. The average Bonchev–Trinajstić information content (AvgIpc) is 2.41. The van der Waals surface area contributed by atoms with Crippen LogP contribution in [-0.2, 0) is 12.3 Å². The molecule has 0 amide bonds. The molecule has 0 aliphatic rings. The molecule has 1 aromatic carbocycles. The maximum atomic E-state index is 12.8. The topological polar surface area (TPSA) is 25.8 Å². The molecular weight excluding hydrogens is 270 g/mol. The Bertz CT molecular complexity index is 556. The highest BCUT2D eigenvalue weighted by Gasteiger charge is 2.16. The fraction of sp³-hybridized carbons (Fsp3) is 0.286. The summed E-state index contributed by atoms with van der Waals surface area (Å²) in [6, 6.07) is 7.82. The number of nitrogens with zero attached hydrogens (tertiary/aromatic N) is 2. The third kappa shape index (κ3) is 3.47. The van der Waals surface area contributed by atoms with Gasteiger partial charge in [0.15, 0.2) is 0 Å². The summed E-state index contributed by atoms with van der Waals surface area (Å²) in [6.45, 7) is 1.99. The monoisotopic (exact) mass is 282 g/mol. The third-order valence-corrected chi connectivity index (χ3v) is 3.07. The first-order valence-corrected chi connectivity index (χ1v) is 6.38. The van der Waals surface area contributed by atoms with Crippen molar-refractivity contribution in [2.24, 2.45) is 0 Å². The molecule has 5 heteroatoms. The van der Waals surface area contributed by atoms with E-state index in [4.69, 9.17) is 11.6 Å². The van der Waals surface area contributed by atoms with Crippen molar-refractivity contribution < 1.29 is 8.78 Å². The van der Waals surface area contributed by atoms with E-state index >= 15 is 0 Å². The van der Waals surface area contributed by atoms with Crippen molar-refractivity contribution in [3.63, 3.8) is 0 Å². The van der Waals surface area contributed by atoms with Gasteiger partial charge in [-0.05, 0) is 12.5 Å². The molecule has 0 saturated carbocycles. The predicted molar refractivity (Wildman–Crippen MR) is 70.5 cm³/mol. The lowest BCUT2D eigenvalue weighted by molar-refractivity contribution is 0.144. The second-order valence-electron chi connectivity index (χ2n) is 4.29. The summed E-state index contributed by atoms with van der Waals surface area (Å²) in [4.78, 5) is 8.00. The molecule has 0 saturated heterocycles. The van der Waals surface area contributed by atoms with Gasteiger partial charge < -0.3 is 0 Å². The summed E-state index contributed by atoms with van der Waals surface area (Å²) in [5, 5.41) is 0. The van der Waals surface area contributed by atoms with Crippen molar-refractivity contribution in [3.8, 4) is 0 Å². The van der Waals surface area contributed by atoms with E-state index in [0.717, 1.165) is 11.1 Å². The summed E-state index contributed by atoms with van der Waals surface area (Å²) in [5.41, 5.74) is 2.15. The van der Waals surface area contributed by atoms with E-state index in [2.05, 4.69) is 9.97 Å². The SMILES string of the molecule is Cc1ccc(Cc2ncc(CCl)c(C(F)F)n2)cc1. The summed E-state index contributed by atoms with van der Waals surface area (Å²) in [6.07, 6.45) is -0.818. The minimum Gasteiger partial charge on any atom is -0.241 e. The highest BCUT2D eigenvalue weighted by Crippen LogP contribution is 2.22. The summed E-state index contributed by atoms with van der Waals surface area (Å²) in [5.74, 6) is 0.373. The van der Waals surface area contributed by atoms with Crippen LogP contribution in [0.25, 0.3) is 0 Å². The Labute approximate surface area is 115 Å². The molecule has 2 nitrogen and oxygen atoms in total. The smallest absolute Gasteiger partial charge is 0.241 e. The quantitative estimate of drug-likeness (QED) is 0.791. The second-order valence-corrected chi connectivity index (χ2v) is 4.56. The van der Waals surface area contributed by atoms with E-state index in [1.165, 1.54) is 6.20 Å². The minimum absolute atomic E-state index is 0.00944. The van der Waals surface area contributed by atoms with Crippen molar-refractivity contribution in [3.05, 3.63) is 58.7 Å². The first kappa shape index (κ1) is 13.9. The van der Waals surface area contributed by atoms with Crippen LogP contribution in [-0.4, -0.2) is 9.97 Å². The van der Waals surface area contributed by atoms with Crippen LogP contribution in [0.3, 0.4) is 0 Å². The lowest BCUT2D eigenvalue weighted by Gasteiger charge is -2.07. The van der Waals surface area contributed by atoms with E-state index in [0.29, 0.717) is 12.2 Å². The molecule has 2 rings (SSSR count). The van der Waals surface area contributed by atoms with Crippen molar-refractivity contribution in [1.29, 1.82) is 0 Å². The Balaban J connectivity index is 2.25. The van der Waals surface area contributed by atoms with Gasteiger partial charge in [0.25, 0.3) is 6.43 Å². The van der Waals surface area contributed by atoms with Crippen LogP contribution < -0.4 is 0 Å². The first-order valence-electron chi connectivity index (χ1n) is 5.84. The van der Waals surface area contributed by atoms with Gasteiger partial charge in [-0.2, -0.15) is 0 Å². The molecule has 0 spiro atoms. The maximum absolute atomic E-state index is 12.8. The van der Waals surface area contributed by atoms with Crippen molar-refractivity contribution in [1.82, 2.24) is 9.97 Å². The minimum atomic E-state index is -2.63. The van der Waals surface area contributed by atoms with Crippen LogP contribution >= 0.6 is 11.6 Å². The van der Waals surface area contributed by atoms with Crippen molar-refractivity contribution in [2.45, 2.75) is 25.7 Å². The molecule has 1 heterocycles. The van der Waals surface area contributed by atoms with Crippen LogP contribution in [0.15, 0.2) is 30.5 Å².